The zero-order valence-electron chi connectivity index (χ0n) is 11.8. The molecule has 1 amide bonds. The Morgan fingerprint density at radius 3 is 2.60 bits per heavy atom. The lowest BCUT2D eigenvalue weighted by Gasteiger charge is -2.20. The standard InChI is InChI=1S/C14H20N2O3S/c1-3-16(11-7-8-11)13(17)9-20(18,19)12-6-4-5-10(2)14(12)15/h4-6,11H,3,7-9,15H2,1-2H3. The Bertz CT molecular complexity index is 621. The van der Waals surface area contributed by atoms with Gasteiger partial charge in [0.15, 0.2) is 9.84 Å². The van der Waals surface area contributed by atoms with E-state index >= 15 is 0 Å². The van der Waals surface area contributed by atoms with Crippen molar-refractivity contribution in [3.05, 3.63) is 23.8 Å². The second-order valence-corrected chi connectivity index (χ2v) is 7.11. The first-order chi connectivity index (χ1) is 9.36. The number of carbonyl (C=O) groups is 1. The average Bonchev–Trinajstić information content (AvgIpc) is 3.17. The maximum absolute atomic E-state index is 12.4. The van der Waals surface area contributed by atoms with Gasteiger partial charge in [0.1, 0.15) is 5.75 Å². The van der Waals surface area contributed by atoms with Gasteiger partial charge in [-0.15, -0.1) is 0 Å². The number of rotatable bonds is 5. The van der Waals surface area contributed by atoms with Gasteiger partial charge in [-0.1, -0.05) is 12.1 Å². The van der Waals surface area contributed by atoms with E-state index in [9.17, 15) is 13.2 Å². The van der Waals surface area contributed by atoms with E-state index in [4.69, 9.17) is 5.73 Å². The van der Waals surface area contributed by atoms with E-state index in [0.717, 1.165) is 12.8 Å². The van der Waals surface area contributed by atoms with Crippen LogP contribution in [0, 0.1) is 6.92 Å². The van der Waals surface area contributed by atoms with Gasteiger partial charge in [-0.25, -0.2) is 8.42 Å². The lowest BCUT2D eigenvalue weighted by atomic mass is 10.2. The molecule has 1 fully saturated rings. The Balaban J connectivity index is 2.22. The molecule has 1 aliphatic carbocycles. The largest absolute Gasteiger partial charge is 0.397 e. The van der Waals surface area contributed by atoms with Gasteiger partial charge in [0.05, 0.1) is 10.6 Å². The molecule has 2 rings (SSSR count). The van der Waals surface area contributed by atoms with Gasteiger partial charge in [0, 0.05) is 12.6 Å². The number of amides is 1. The Morgan fingerprint density at radius 1 is 1.40 bits per heavy atom. The molecular formula is C14H20N2O3S. The van der Waals surface area contributed by atoms with E-state index in [2.05, 4.69) is 0 Å². The second kappa shape index (κ2) is 5.44. The lowest BCUT2D eigenvalue weighted by Crippen LogP contribution is -2.37. The number of benzene rings is 1. The highest BCUT2D eigenvalue weighted by atomic mass is 32.2. The molecule has 0 radical (unpaired) electrons. The highest BCUT2D eigenvalue weighted by Gasteiger charge is 2.34. The molecule has 1 aromatic carbocycles. The highest BCUT2D eigenvalue weighted by molar-refractivity contribution is 7.92. The van der Waals surface area contributed by atoms with Crippen LogP contribution in [0.4, 0.5) is 5.69 Å². The maximum Gasteiger partial charge on any atom is 0.238 e. The molecule has 1 aromatic rings. The van der Waals surface area contributed by atoms with E-state index < -0.39 is 15.6 Å². The summed E-state index contributed by atoms with van der Waals surface area (Å²) in [6.07, 6.45) is 1.93. The van der Waals surface area contributed by atoms with E-state index in [1.54, 1.807) is 24.0 Å². The van der Waals surface area contributed by atoms with Crippen LogP contribution in [0.5, 0.6) is 0 Å². The Hall–Kier alpha value is -1.56. The first-order valence-electron chi connectivity index (χ1n) is 6.74. The van der Waals surface area contributed by atoms with Crippen LogP contribution in [-0.4, -0.2) is 37.6 Å². The van der Waals surface area contributed by atoms with Crippen LogP contribution in [0.1, 0.15) is 25.3 Å². The number of hydrogen-bond acceptors (Lipinski definition) is 4. The summed E-state index contributed by atoms with van der Waals surface area (Å²) in [5.41, 5.74) is 6.75. The van der Waals surface area contributed by atoms with Crippen molar-refractivity contribution in [1.29, 1.82) is 0 Å². The van der Waals surface area contributed by atoms with Gasteiger partial charge in [0.2, 0.25) is 5.91 Å². The molecule has 1 saturated carbocycles. The van der Waals surface area contributed by atoms with Crippen molar-refractivity contribution < 1.29 is 13.2 Å². The Morgan fingerprint density at radius 2 is 2.05 bits per heavy atom. The number of nitrogen functional groups attached to an aromatic ring is 1. The number of nitrogens with two attached hydrogens (primary N) is 1. The molecule has 0 spiro atoms. The fourth-order valence-electron chi connectivity index (χ4n) is 2.27. The third kappa shape index (κ3) is 2.95. The van der Waals surface area contributed by atoms with Crippen molar-refractivity contribution in [2.75, 3.05) is 18.0 Å². The summed E-state index contributed by atoms with van der Waals surface area (Å²) in [5, 5.41) is 0. The number of carbonyl (C=O) groups excluding carboxylic acids is 1. The summed E-state index contributed by atoms with van der Waals surface area (Å²) in [6, 6.07) is 5.07. The summed E-state index contributed by atoms with van der Waals surface area (Å²) in [7, 11) is -3.69. The van der Waals surface area contributed by atoms with Crippen molar-refractivity contribution in [2.24, 2.45) is 0 Å². The molecule has 5 nitrogen and oxygen atoms in total. The minimum Gasteiger partial charge on any atom is -0.397 e. The molecular weight excluding hydrogens is 276 g/mol. The zero-order valence-corrected chi connectivity index (χ0v) is 12.6. The predicted octanol–water partition coefficient (Wildman–Crippen LogP) is 1.36. The van der Waals surface area contributed by atoms with Crippen LogP contribution in [0.2, 0.25) is 0 Å². The average molecular weight is 296 g/mol. The maximum atomic E-state index is 12.4. The number of para-hydroxylation sites is 1. The van der Waals surface area contributed by atoms with Crippen molar-refractivity contribution in [3.63, 3.8) is 0 Å². The molecule has 110 valence electrons. The predicted molar refractivity (Wildman–Crippen MR) is 78.1 cm³/mol. The van der Waals surface area contributed by atoms with Crippen LogP contribution in [0.15, 0.2) is 23.1 Å². The summed E-state index contributed by atoms with van der Waals surface area (Å²) >= 11 is 0. The smallest absolute Gasteiger partial charge is 0.238 e. The summed E-state index contributed by atoms with van der Waals surface area (Å²) < 4.78 is 24.7. The minimum atomic E-state index is -3.69. The number of aryl methyl sites for hydroxylation is 1. The number of nitrogens with zero attached hydrogens (tertiary/aromatic N) is 1. The first-order valence-corrected chi connectivity index (χ1v) is 8.39. The fourth-order valence-corrected chi connectivity index (χ4v) is 3.70. The molecule has 20 heavy (non-hydrogen) atoms. The monoisotopic (exact) mass is 296 g/mol. The number of sulfone groups is 1. The quantitative estimate of drug-likeness (QED) is 0.832. The SMILES string of the molecule is CCN(C(=O)CS(=O)(=O)c1cccc(C)c1N)C1CC1. The molecule has 2 N–H and O–H groups in total. The van der Waals surface area contributed by atoms with Crippen LogP contribution < -0.4 is 5.73 Å². The molecule has 0 atom stereocenters. The van der Waals surface area contributed by atoms with E-state index in [-0.39, 0.29) is 22.5 Å². The van der Waals surface area contributed by atoms with Crippen LogP contribution in [0.3, 0.4) is 0 Å². The Kier molecular flexibility index (Phi) is 4.04. The molecule has 0 saturated heterocycles. The van der Waals surface area contributed by atoms with Crippen molar-refractivity contribution in [3.8, 4) is 0 Å². The number of anilines is 1. The van der Waals surface area contributed by atoms with Gasteiger partial charge in [-0.05, 0) is 38.3 Å². The van der Waals surface area contributed by atoms with Gasteiger partial charge in [-0.2, -0.15) is 0 Å². The molecule has 1 aliphatic rings. The third-order valence-corrected chi connectivity index (χ3v) is 5.23. The molecule has 0 bridgehead atoms. The van der Waals surface area contributed by atoms with Crippen LogP contribution in [-0.2, 0) is 14.6 Å². The van der Waals surface area contributed by atoms with Crippen molar-refractivity contribution in [2.45, 2.75) is 37.6 Å². The normalized spacial score (nSPS) is 15.1. The van der Waals surface area contributed by atoms with Crippen molar-refractivity contribution >= 4 is 21.4 Å². The molecule has 0 aromatic heterocycles. The molecule has 0 aliphatic heterocycles. The first kappa shape index (κ1) is 14.8. The number of hydrogen-bond donors (Lipinski definition) is 1. The van der Waals surface area contributed by atoms with Crippen molar-refractivity contribution in [1.82, 2.24) is 4.90 Å². The topological polar surface area (TPSA) is 80.5 Å². The highest BCUT2D eigenvalue weighted by Crippen LogP contribution is 2.28. The van der Waals surface area contributed by atoms with Gasteiger partial charge in [-0.3, -0.25) is 4.79 Å². The van der Waals surface area contributed by atoms with E-state index in [1.807, 2.05) is 6.92 Å². The Labute approximate surface area is 119 Å². The van der Waals surface area contributed by atoms with Gasteiger partial charge in [0.25, 0.3) is 0 Å². The summed E-state index contributed by atoms with van der Waals surface area (Å²) in [4.78, 5) is 13.8. The minimum absolute atomic E-state index is 0.0534. The lowest BCUT2D eigenvalue weighted by molar-refractivity contribution is -0.128. The van der Waals surface area contributed by atoms with Crippen LogP contribution in [0.25, 0.3) is 0 Å². The van der Waals surface area contributed by atoms with E-state index in [1.165, 1.54) is 6.07 Å². The molecule has 6 heteroatoms. The van der Waals surface area contributed by atoms with Gasteiger partial charge < -0.3 is 10.6 Å². The fraction of sp³-hybridized carbons (Fsp3) is 0.500. The van der Waals surface area contributed by atoms with E-state index in [0.29, 0.717) is 12.1 Å². The molecule has 0 heterocycles. The summed E-state index contributed by atoms with van der Waals surface area (Å²) in [5.74, 6) is -0.846. The third-order valence-electron chi connectivity index (χ3n) is 3.58. The summed E-state index contributed by atoms with van der Waals surface area (Å²) in [6.45, 7) is 4.16. The van der Waals surface area contributed by atoms with Crippen LogP contribution >= 0.6 is 0 Å². The molecule has 0 unspecified atom stereocenters. The van der Waals surface area contributed by atoms with Gasteiger partial charge >= 0.3 is 0 Å². The second-order valence-electron chi connectivity index (χ2n) is 5.16. The zero-order chi connectivity index (χ0) is 14.9.